The maximum Gasteiger partial charge on any atom is 0.223 e. The van der Waals surface area contributed by atoms with Crippen molar-refractivity contribution in [3.05, 3.63) is 35.6 Å². The van der Waals surface area contributed by atoms with Gasteiger partial charge in [0.1, 0.15) is 5.82 Å². The highest BCUT2D eigenvalue weighted by Gasteiger charge is 2.20. The Kier molecular flexibility index (Phi) is 4.31. The second kappa shape index (κ2) is 5.96. The molecule has 0 saturated heterocycles. The maximum atomic E-state index is 13.0. The fraction of sp³-hybridized carbons (Fsp3) is 0.500. The van der Waals surface area contributed by atoms with Crippen molar-refractivity contribution in [1.29, 1.82) is 0 Å². The summed E-state index contributed by atoms with van der Waals surface area (Å²) in [5.74, 6) is -0.170. The van der Waals surface area contributed by atoms with Crippen LogP contribution < -0.4 is 5.32 Å². The summed E-state index contributed by atoms with van der Waals surface area (Å²) < 4.78 is 13.0. The molecular weight excluding hydrogens is 231 g/mol. The summed E-state index contributed by atoms with van der Waals surface area (Å²) in [6.45, 7) is 1.19. The Morgan fingerprint density at radius 3 is 2.94 bits per heavy atom. The number of hydrogen-bond acceptors (Lipinski definition) is 2. The average Bonchev–Trinajstić information content (AvgIpc) is 3.13. The quantitative estimate of drug-likeness (QED) is 0.836. The minimum Gasteiger partial charge on any atom is -0.341 e. The smallest absolute Gasteiger partial charge is 0.223 e. The van der Waals surface area contributed by atoms with Crippen LogP contribution in [0.25, 0.3) is 0 Å². The molecule has 0 bridgehead atoms. The standard InChI is InChI=1S/C14H19FN2O/c1-17(10-11-3-2-4-12(15)9-11)14(18)7-8-16-13-5-6-13/h2-4,9,13,16H,5-8,10H2,1H3. The van der Waals surface area contributed by atoms with Crippen LogP contribution >= 0.6 is 0 Å². The number of amides is 1. The molecule has 1 aliphatic carbocycles. The minimum absolute atomic E-state index is 0.0902. The first-order valence-electron chi connectivity index (χ1n) is 6.37. The summed E-state index contributed by atoms with van der Waals surface area (Å²) in [5, 5.41) is 3.31. The number of benzene rings is 1. The largest absolute Gasteiger partial charge is 0.341 e. The third-order valence-electron chi connectivity index (χ3n) is 3.08. The molecule has 1 amide bonds. The summed E-state index contributed by atoms with van der Waals surface area (Å²) >= 11 is 0. The van der Waals surface area contributed by atoms with Crippen LogP contribution in [0.3, 0.4) is 0 Å². The van der Waals surface area contributed by atoms with Gasteiger partial charge in [0, 0.05) is 32.6 Å². The van der Waals surface area contributed by atoms with Crippen molar-refractivity contribution < 1.29 is 9.18 Å². The van der Waals surface area contributed by atoms with Gasteiger partial charge in [0.15, 0.2) is 0 Å². The lowest BCUT2D eigenvalue weighted by Crippen LogP contribution is -2.30. The number of halogens is 1. The van der Waals surface area contributed by atoms with Crippen molar-refractivity contribution in [3.8, 4) is 0 Å². The average molecular weight is 250 g/mol. The van der Waals surface area contributed by atoms with Crippen LogP contribution in [0, 0.1) is 5.82 Å². The zero-order valence-electron chi connectivity index (χ0n) is 10.7. The Bertz CT molecular complexity index is 418. The van der Waals surface area contributed by atoms with Crippen molar-refractivity contribution in [3.63, 3.8) is 0 Å². The lowest BCUT2D eigenvalue weighted by Gasteiger charge is -2.17. The van der Waals surface area contributed by atoms with Crippen molar-refractivity contribution >= 4 is 5.91 Å². The van der Waals surface area contributed by atoms with E-state index < -0.39 is 0 Å². The van der Waals surface area contributed by atoms with Crippen molar-refractivity contribution in [2.45, 2.75) is 31.8 Å². The fourth-order valence-electron chi connectivity index (χ4n) is 1.86. The summed E-state index contributed by atoms with van der Waals surface area (Å²) in [7, 11) is 1.75. The van der Waals surface area contributed by atoms with E-state index in [0.717, 1.165) is 12.1 Å². The molecule has 2 rings (SSSR count). The Balaban J connectivity index is 1.75. The molecule has 1 N–H and O–H groups in total. The molecule has 1 fully saturated rings. The van der Waals surface area contributed by atoms with E-state index in [9.17, 15) is 9.18 Å². The summed E-state index contributed by atoms with van der Waals surface area (Å²) in [6, 6.07) is 7.00. The van der Waals surface area contributed by atoms with Crippen LogP contribution in [0.1, 0.15) is 24.8 Å². The Morgan fingerprint density at radius 1 is 1.50 bits per heavy atom. The van der Waals surface area contributed by atoms with Gasteiger partial charge in [-0.2, -0.15) is 0 Å². The lowest BCUT2D eigenvalue weighted by atomic mass is 10.2. The van der Waals surface area contributed by atoms with Gasteiger partial charge >= 0.3 is 0 Å². The summed E-state index contributed by atoms with van der Waals surface area (Å²) in [5.41, 5.74) is 0.820. The highest BCUT2D eigenvalue weighted by molar-refractivity contribution is 5.76. The van der Waals surface area contributed by atoms with E-state index in [2.05, 4.69) is 5.32 Å². The molecule has 1 aliphatic rings. The van der Waals surface area contributed by atoms with Gasteiger partial charge in [-0.3, -0.25) is 4.79 Å². The molecule has 0 radical (unpaired) electrons. The molecule has 1 saturated carbocycles. The van der Waals surface area contributed by atoms with Crippen LogP contribution in [-0.2, 0) is 11.3 Å². The molecule has 3 nitrogen and oxygen atoms in total. The van der Waals surface area contributed by atoms with Crippen LogP contribution in [0.15, 0.2) is 24.3 Å². The molecular formula is C14H19FN2O. The van der Waals surface area contributed by atoms with Gasteiger partial charge in [-0.05, 0) is 30.5 Å². The number of hydrogen-bond donors (Lipinski definition) is 1. The lowest BCUT2D eigenvalue weighted by molar-refractivity contribution is -0.130. The molecule has 4 heteroatoms. The highest BCUT2D eigenvalue weighted by Crippen LogP contribution is 2.18. The first-order valence-corrected chi connectivity index (χ1v) is 6.37. The van der Waals surface area contributed by atoms with Gasteiger partial charge in [0.25, 0.3) is 0 Å². The molecule has 0 atom stereocenters. The van der Waals surface area contributed by atoms with Gasteiger partial charge in [0.2, 0.25) is 5.91 Å². The summed E-state index contributed by atoms with van der Waals surface area (Å²) in [4.78, 5) is 13.5. The van der Waals surface area contributed by atoms with Crippen molar-refractivity contribution in [1.82, 2.24) is 10.2 Å². The first-order chi connectivity index (χ1) is 8.65. The van der Waals surface area contributed by atoms with E-state index >= 15 is 0 Å². The monoisotopic (exact) mass is 250 g/mol. The van der Waals surface area contributed by atoms with Gasteiger partial charge in [-0.1, -0.05) is 12.1 Å². The molecule has 0 spiro atoms. The van der Waals surface area contributed by atoms with Crippen LogP contribution in [0.2, 0.25) is 0 Å². The van der Waals surface area contributed by atoms with Gasteiger partial charge in [-0.25, -0.2) is 4.39 Å². The highest BCUT2D eigenvalue weighted by atomic mass is 19.1. The second-order valence-corrected chi connectivity index (χ2v) is 4.86. The maximum absolute atomic E-state index is 13.0. The zero-order valence-corrected chi connectivity index (χ0v) is 10.7. The molecule has 1 aromatic rings. The van der Waals surface area contributed by atoms with E-state index in [1.54, 1.807) is 18.0 Å². The van der Waals surface area contributed by atoms with Gasteiger partial charge in [0.05, 0.1) is 0 Å². The van der Waals surface area contributed by atoms with Gasteiger partial charge in [-0.15, -0.1) is 0 Å². The van der Waals surface area contributed by atoms with Crippen molar-refractivity contribution in [2.75, 3.05) is 13.6 Å². The number of rotatable bonds is 6. The van der Waals surface area contributed by atoms with E-state index in [1.807, 2.05) is 6.07 Å². The van der Waals surface area contributed by atoms with E-state index in [4.69, 9.17) is 0 Å². The Labute approximate surface area is 107 Å². The normalized spacial score (nSPS) is 14.6. The van der Waals surface area contributed by atoms with E-state index in [1.165, 1.54) is 25.0 Å². The molecule has 1 aromatic carbocycles. The number of carbonyl (C=O) groups is 1. The number of nitrogens with zero attached hydrogens (tertiary/aromatic N) is 1. The minimum atomic E-state index is -0.260. The van der Waals surface area contributed by atoms with Crippen LogP contribution in [0.4, 0.5) is 4.39 Å². The predicted molar refractivity (Wildman–Crippen MR) is 68.5 cm³/mol. The zero-order chi connectivity index (χ0) is 13.0. The van der Waals surface area contributed by atoms with E-state index in [-0.39, 0.29) is 11.7 Å². The second-order valence-electron chi connectivity index (χ2n) is 4.86. The first kappa shape index (κ1) is 13.0. The third kappa shape index (κ3) is 4.11. The van der Waals surface area contributed by atoms with Crippen molar-refractivity contribution in [2.24, 2.45) is 0 Å². The molecule has 98 valence electrons. The molecule has 0 unspecified atom stereocenters. The number of carbonyl (C=O) groups excluding carboxylic acids is 1. The van der Waals surface area contributed by atoms with E-state index in [0.29, 0.717) is 19.0 Å². The summed E-state index contributed by atoms with van der Waals surface area (Å²) in [6.07, 6.45) is 2.96. The Hall–Kier alpha value is -1.42. The third-order valence-corrected chi connectivity index (χ3v) is 3.08. The Morgan fingerprint density at radius 2 is 2.28 bits per heavy atom. The molecule has 18 heavy (non-hydrogen) atoms. The molecule has 0 aromatic heterocycles. The molecule has 0 heterocycles. The van der Waals surface area contributed by atoms with Crippen LogP contribution in [0.5, 0.6) is 0 Å². The fourth-order valence-corrected chi connectivity index (χ4v) is 1.86. The predicted octanol–water partition coefficient (Wildman–Crippen LogP) is 1.93. The molecule has 0 aliphatic heterocycles. The SMILES string of the molecule is CN(Cc1cccc(F)c1)C(=O)CCNC1CC1. The van der Waals surface area contributed by atoms with Gasteiger partial charge < -0.3 is 10.2 Å². The topological polar surface area (TPSA) is 32.3 Å². The van der Waals surface area contributed by atoms with Crippen LogP contribution in [-0.4, -0.2) is 30.4 Å². The number of nitrogens with one attached hydrogen (secondary N) is 1.